The van der Waals surface area contributed by atoms with Gasteiger partial charge >= 0.3 is 0 Å². The number of primary sulfonamides is 1. The molecule has 2 amide bonds. The van der Waals surface area contributed by atoms with Crippen LogP contribution in [0.2, 0.25) is 0 Å². The van der Waals surface area contributed by atoms with Gasteiger partial charge in [0, 0.05) is 19.0 Å². The van der Waals surface area contributed by atoms with E-state index in [9.17, 15) is 18.0 Å². The fraction of sp³-hybridized carbons (Fsp3) is 0.417. The lowest BCUT2D eigenvalue weighted by molar-refractivity contribution is -0.128. The maximum atomic E-state index is 12.6. The van der Waals surface area contributed by atoms with E-state index in [0.29, 0.717) is 32.6 Å². The van der Waals surface area contributed by atoms with E-state index in [-0.39, 0.29) is 28.7 Å². The van der Waals surface area contributed by atoms with E-state index in [4.69, 9.17) is 5.14 Å². The van der Waals surface area contributed by atoms with E-state index in [1.54, 1.807) is 12.1 Å². The van der Waals surface area contributed by atoms with Gasteiger partial charge in [-0.15, -0.1) is 0 Å². The van der Waals surface area contributed by atoms with Gasteiger partial charge in [0.2, 0.25) is 21.8 Å². The molecule has 1 fully saturated rings. The zero-order chi connectivity index (χ0) is 23.8. The average molecular weight is 473 g/mol. The lowest BCUT2D eigenvalue weighted by atomic mass is 9.94. The number of carbonyl (C=O) groups excluding carboxylic acids is 2. The molecule has 0 aromatic heterocycles. The minimum absolute atomic E-state index is 0.0273. The van der Waals surface area contributed by atoms with Crippen LogP contribution in [-0.2, 0) is 32.6 Å². The first kappa shape index (κ1) is 24.9. The molecule has 1 heterocycles. The van der Waals surface area contributed by atoms with E-state index < -0.39 is 10.0 Å². The van der Waals surface area contributed by atoms with E-state index in [2.05, 4.69) is 15.5 Å². The van der Waals surface area contributed by atoms with Crippen LogP contribution >= 0.6 is 0 Å². The highest BCUT2D eigenvalue weighted by atomic mass is 32.2. The molecule has 9 heteroatoms. The van der Waals surface area contributed by atoms with Gasteiger partial charge in [-0.1, -0.05) is 42.5 Å². The first-order valence-electron chi connectivity index (χ1n) is 11.2. The highest BCUT2D eigenvalue weighted by Gasteiger charge is 2.29. The average Bonchev–Trinajstić information content (AvgIpc) is 2.82. The summed E-state index contributed by atoms with van der Waals surface area (Å²) in [6.45, 7) is 4.27. The van der Waals surface area contributed by atoms with Gasteiger partial charge in [-0.3, -0.25) is 14.5 Å². The molecule has 0 saturated carbocycles. The standard InChI is InChI=1S/C24H32N4O4S/c1-18(23(29)26-14-11-19-7-9-22(10-8-19)33(25,31)32)28-15-12-21(13-16-28)24(30)27-17-20-5-3-2-4-6-20/h2-10,18,21H,11-17H2,1H3,(H,26,29)(H,27,30)(H2,25,31,32)/t18-/m0/s1. The summed E-state index contributed by atoms with van der Waals surface area (Å²) in [5.41, 5.74) is 1.99. The number of hydrogen-bond donors (Lipinski definition) is 3. The molecule has 178 valence electrons. The second-order valence-electron chi connectivity index (χ2n) is 8.42. The van der Waals surface area contributed by atoms with Crippen molar-refractivity contribution < 1.29 is 18.0 Å². The summed E-state index contributed by atoms with van der Waals surface area (Å²) in [6, 6.07) is 15.9. The number of sulfonamides is 1. The van der Waals surface area contributed by atoms with Crippen LogP contribution in [0.5, 0.6) is 0 Å². The van der Waals surface area contributed by atoms with E-state index in [1.165, 1.54) is 12.1 Å². The Kier molecular flexibility index (Phi) is 8.60. The number of nitrogens with two attached hydrogens (primary N) is 1. The van der Waals surface area contributed by atoms with E-state index >= 15 is 0 Å². The first-order chi connectivity index (χ1) is 15.7. The molecule has 33 heavy (non-hydrogen) atoms. The number of carbonyl (C=O) groups is 2. The number of benzene rings is 2. The predicted octanol–water partition coefficient (Wildman–Crippen LogP) is 1.41. The maximum Gasteiger partial charge on any atom is 0.238 e. The van der Waals surface area contributed by atoms with Gasteiger partial charge < -0.3 is 10.6 Å². The van der Waals surface area contributed by atoms with Gasteiger partial charge in [-0.2, -0.15) is 0 Å². The summed E-state index contributed by atoms with van der Waals surface area (Å²) in [5.74, 6) is -0.00673. The van der Waals surface area contributed by atoms with Crippen molar-refractivity contribution in [1.29, 1.82) is 0 Å². The molecule has 0 radical (unpaired) electrons. The summed E-state index contributed by atoms with van der Waals surface area (Å²) in [5, 5.41) is 11.1. The Morgan fingerprint density at radius 3 is 2.24 bits per heavy atom. The Labute approximate surface area is 195 Å². The molecule has 1 atom stereocenters. The molecule has 3 rings (SSSR count). The molecule has 1 aliphatic rings. The molecule has 8 nitrogen and oxygen atoms in total. The Morgan fingerprint density at radius 1 is 1.00 bits per heavy atom. The fourth-order valence-electron chi connectivity index (χ4n) is 3.97. The van der Waals surface area contributed by atoms with E-state index in [1.807, 2.05) is 37.3 Å². The van der Waals surface area contributed by atoms with Crippen LogP contribution in [0.15, 0.2) is 59.5 Å². The van der Waals surface area contributed by atoms with Crippen LogP contribution in [0.1, 0.15) is 30.9 Å². The monoisotopic (exact) mass is 472 g/mol. The summed E-state index contributed by atoms with van der Waals surface area (Å²) in [4.78, 5) is 27.2. The highest BCUT2D eigenvalue weighted by molar-refractivity contribution is 7.89. The van der Waals surface area contributed by atoms with Crippen molar-refractivity contribution in [2.45, 2.75) is 43.7 Å². The van der Waals surface area contributed by atoms with E-state index in [0.717, 1.165) is 24.0 Å². The fourth-order valence-corrected chi connectivity index (χ4v) is 4.48. The Bertz CT molecular complexity index is 1030. The predicted molar refractivity (Wildman–Crippen MR) is 127 cm³/mol. The van der Waals surface area contributed by atoms with Crippen LogP contribution < -0.4 is 15.8 Å². The van der Waals surface area contributed by atoms with Gasteiger partial charge in [-0.25, -0.2) is 13.6 Å². The molecule has 0 aliphatic carbocycles. The molecule has 2 aromatic rings. The van der Waals surface area contributed by atoms with Crippen LogP contribution in [0.25, 0.3) is 0 Å². The minimum Gasteiger partial charge on any atom is -0.354 e. The summed E-state index contributed by atoms with van der Waals surface area (Å²) < 4.78 is 22.6. The Balaban J connectivity index is 1.37. The number of nitrogens with zero attached hydrogens (tertiary/aromatic N) is 1. The second kappa shape index (κ2) is 11.4. The van der Waals surface area contributed by atoms with Crippen LogP contribution in [0.3, 0.4) is 0 Å². The third-order valence-electron chi connectivity index (χ3n) is 6.10. The first-order valence-corrected chi connectivity index (χ1v) is 12.7. The molecule has 0 spiro atoms. The van der Waals surface area contributed by atoms with Crippen LogP contribution in [0, 0.1) is 5.92 Å². The lowest BCUT2D eigenvalue weighted by Crippen LogP contribution is -2.50. The number of amides is 2. The van der Waals surface area contributed by atoms with Crippen molar-refractivity contribution in [3.63, 3.8) is 0 Å². The van der Waals surface area contributed by atoms with Crippen LogP contribution in [0.4, 0.5) is 0 Å². The third kappa shape index (κ3) is 7.38. The van der Waals surface area contributed by atoms with Gasteiger partial charge in [-0.05, 0) is 62.5 Å². The lowest BCUT2D eigenvalue weighted by Gasteiger charge is -2.34. The molecular formula is C24H32N4O4S. The zero-order valence-corrected chi connectivity index (χ0v) is 19.7. The Hall–Kier alpha value is -2.75. The molecule has 0 bridgehead atoms. The smallest absolute Gasteiger partial charge is 0.238 e. The highest BCUT2D eigenvalue weighted by Crippen LogP contribution is 2.19. The van der Waals surface area contributed by atoms with Crippen molar-refractivity contribution in [2.24, 2.45) is 11.1 Å². The molecule has 1 saturated heterocycles. The number of rotatable bonds is 9. The van der Waals surface area contributed by atoms with Crippen molar-refractivity contribution in [3.8, 4) is 0 Å². The number of likely N-dealkylation sites (tertiary alicyclic amines) is 1. The largest absolute Gasteiger partial charge is 0.354 e. The van der Waals surface area contributed by atoms with Gasteiger partial charge in [0.25, 0.3) is 0 Å². The Morgan fingerprint density at radius 2 is 1.64 bits per heavy atom. The maximum absolute atomic E-state index is 12.6. The van der Waals surface area contributed by atoms with Crippen molar-refractivity contribution in [2.75, 3.05) is 19.6 Å². The van der Waals surface area contributed by atoms with Gasteiger partial charge in [0.15, 0.2) is 0 Å². The quantitative estimate of drug-likeness (QED) is 0.509. The number of piperidine rings is 1. The summed E-state index contributed by atoms with van der Waals surface area (Å²) >= 11 is 0. The summed E-state index contributed by atoms with van der Waals surface area (Å²) in [7, 11) is -3.70. The van der Waals surface area contributed by atoms with Crippen molar-refractivity contribution in [1.82, 2.24) is 15.5 Å². The number of hydrogen-bond acceptors (Lipinski definition) is 5. The normalized spacial score (nSPS) is 16.2. The van der Waals surface area contributed by atoms with Crippen LogP contribution in [-0.4, -0.2) is 50.8 Å². The molecule has 1 aliphatic heterocycles. The van der Waals surface area contributed by atoms with Gasteiger partial charge in [0.1, 0.15) is 0 Å². The second-order valence-corrected chi connectivity index (χ2v) is 9.98. The topological polar surface area (TPSA) is 122 Å². The van der Waals surface area contributed by atoms with Crippen molar-refractivity contribution in [3.05, 3.63) is 65.7 Å². The molecule has 0 unspecified atom stereocenters. The summed E-state index contributed by atoms with van der Waals surface area (Å²) in [6.07, 6.45) is 2.05. The molecule has 4 N–H and O–H groups in total. The van der Waals surface area contributed by atoms with Crippen molar-refractivity contribution >= 4 is 21.8 Å². The molecular weight excluding hydrogens is 440 g/mol. The minimum atomic E-state index is -3.70. The third-order valence-corrected chi connectivity index (χ3v) is 7.03. The molecule has 2 aromatic carbocycles. The van der Waals surface area contributed by atoms with Gasteiger partial charge in [0.05, 0.1) is 10.9 Å². The zero-order valence-electron chi connectivity index (χ0n) is 18.9. The number of nitrogens with one attached hydrogen (secondary N) is 2. The SMILES string of the molecule is C[C@@H](C(=O)NCCc1ccc(S(N)(=O)=O)cc1)N1CCC(C(=O)NCc2ccccc2)CC1.